The van der Waals surface area contributed by atoms with Gasteiger partial charge in [0.15, 0.2) is 0 Å². The highest BCUT2D eigenvalue weighted by Crippen LogP contribution is 2.29. The molecule has 4 rings (SSSR count). The molecule has 6 nitrogen and oxygen atoms in total. The van der Waals surface area contributed by atoms with Gasteiger partial charge in [0.05, 0.1) is 11.2 Å². The summed E-state index contributed by atoms with van der Waals surface area (Å²) in [6.45, 7) is 3.39. The maximum absolute atomic E-state index is 12.6. The second kappa shape index (κ2) is 5.17. The molecule has 3 aromatic heterocycles. The molecule has 0 spiro atoms. The van der Waals surface area contributed by atoms with Crippen molar-refractivity contribution in [2.75, 3.05) is 13.1 Å². The summed E-state index contributed by atoms with van der Waals surface area (Å²) in [5.41, 5.74) is 3.71. The lowest BCUT2D eigenvalue weighted by Crippen LogP contribution is -2.28. The summed E-state index contributed by atoms with van der Waals surface area (Å²) in [6, 6.07) is 2.02. The molecule has 112 valence electrons. The SMILES string of the molecule is Cc1ncsc1C(=O)N1CC[C@H](c2ccnc3nccn23)C1. The summed E-state index contributed by atoms with van der Waals surface area (Å²) in [6.07, 6.45) is 6.43. The number of amides is 1. The molecule has 1 saturated heterocycles. The molecule has 0 radical (unpaired) electrons. The van der Waals surface area contributed by atoms with Crippen LogP contribution in [0.3, 0.4) is 0 Å². The van der Waals surface area contributed by atoms with Crippen molar-refractivity contribution in [1.29, 1.82) is 0 Å². The lowest BCUT2D eigenvalue weighted by Gasteiger charge is -2.16. The summed E-state index contributed by atoms with van der Waals surface area (Å²) in [5.74, 6) is 1.12. The Balaban J connectivity index is 1.59. The van der Waals surface area contributed by atoms with E-state index >= 15 is 0 Å². The molecule has 1 amide bonds. The number of aryl methyl sites for hydroxylation is 1. The fraction of sp³-hybridized carbons (Fsp3) is 0.333. The predicted molar refractivity (Wildman–Crippen MR) is 83.1 cm³/mol. The van der Waals surface area contributed by atoms with Crippen LogP contribution in [0.15, 0.2) is 30.2 Å². The van der Waals surface area contributed by atoms with Gasteiger partial charge >= 0.3 is 0 Å². The minimum atomic E-state index is 0.0958. The second-order valence-electron chi connectivity index (χ2n) is 5.47. The van der Waals surface area contributed by atoms with E-state index < -0.39 is 0 Å². The first-order valence-electron chi connectivity index (χ1n) is 7.21. The highest BCUT2D eigenvalue weighted by atomic mass is 32.1. The quantitative estimate of drug-likeness (QED) is 0.727. The average Bonchev–Trinajstić information content (AvgIpc) is 3.26. The number of thiazole rings is 1. The van der Waals surface area contributed by atoms with Gasteiger partial charge < -0.3 is 4.90 Å². The summed E-state index contributed by atoms with van der Waals surface area (Å²) in [7, 11) is 0. The molecule has 1 aliphatic rings. The molecule has 1 fully saturated rings. The Morgan fingerprint density at radius 3 is 3.00 bits per heavy atom. The highest BCUT2D eigenvalue weighted by Gasteiger charge is 2.30. The lowest BCUT2D eigenvalue weighted by atomic mass is 10.0. The number of hydrogen-bond acceptors (Lipinski definition) is 5. The van der Waals surface area contributed by atoms with E-state index in [0.717, 1.165) is 30.1 Å². The van der Waals surface area contributed by atoms with Gasteiger partial charge in [-0.3, -0.25) is 9.20 Å². The molecule has 7 heteroatoms. The Labute approximate surface area is 131 Å². The molecule has 0 bridgehead atoms. The van der Waals surface area contributed by atoms with Crippen molar-refractivity contribution >= 4 is 23.0 Å². The van der Waals surface area contributed by atoms with Gasteiger partial charge in [0.1, 0.15) is 4.88 Å². The van der Waals surface area contributed by atoms with Crippen molar-refractivity contribution in [3.63, 3.8) is 0 Å². The second-order valence-corrected chi connectivity index (χ2v) is 6.33. The molecule has 22 heavy (non-hydrogen) atoms. The Morgan fingerprint density at radius 2 is 2.18 bits per heavy atom. The zero-order valence-electron chi connectivity index (χ0n) is 12.1. The zero-order chi connectivity index (χ0) is 15.1. The third kappa shape index (κ3) is 2.09. The van der Waals surface area contributed by atoms with E-state index in [0.29, 0.717) is 11.7 Å². The molecule has 0 aromatic carbocycles. The van der Waals surface area contributed by atoms with Crippen molar-refractivity contribution in [2.24, 2.45) is 0 Å². The summed E-state index contributed by atoms with van der Waals surface area (Å²) < 4.78 is 2.01. The number of fused-ring (bicyclic) bond motifs is 1. The summed E-state index contributed by atoms with van der Waals surface area (Å²) in [4.78, 5) is 27.9. The normalized spacial score (nSPS) is 18.2. The monoisotopic (exact) mass is 313 g/mol. The largest absolute Gasteiger partial charge is 0.337 e. The summed E-state index contributed by atoms with van der Waals surface area (Å²) >= 11 is 1.42. The van der Waals surface area contributed by atoms with Gasteiger partial charge in [0.2, 0.25) is 5.78 Å². The van der Waals surface area contributed by atoms with Crippen LogP contribution in [-0.2, 0) is 0 Å². The van der Waals surface area contributed by atoms with E-state index in [1.54, 1.807) is 17.9 Å². The lowest BCUT2D eigenvalue weighted by molar-refractivity contribution is 0.0794. The molecule has 0 unspecified atom stereocenters. The number of rotatable bonds is 2. The van der Waals surface area contributed by atoms with Crippen molar-refractivity contribution in [3.8, 4) is 0 Å². The van der Waals surface area contributed by atoms with Crippen LogP contribution in [0.25, 0.3) is 5.78 Å². The van der Waals surface area contributed by atoms with Crippen LogP contribution in [0, 0.1) is 6.92 Å². The number of nitrogens with zero attached hydrogens (tertiary/aromatic N) is 5. The zero-order valence-corrected chi connectivity index (χ0v) is 13.0. The first-order valence-corrected chi connectivity index (χ1v) is 8.09. The minimum absolute atomic E-state index is 0.0958. The van der Waals surface area contributed by atoms with Crippen LogP contribution < -0.4 is 0 Å². The number of hydrogen-bond donors (Lipinski definition) is 0. The van der Waals surface area contributed by atoms with Crippen LogP contribution in [0.5, 0.6) is 0 Å². The van der Waals surface area contributed by atoms with Crippen LogP contribution in [0.2, 0.25) is 0 Å². The molecule has 0 aliphatic carbocycles. The minimum Gasteiger partial charge on any atom is -0.337 e. The van der Waals surface area contributed by atoms with E-state index in [2.05, 4.69) is 15.0 Å². The van der Waals surface area contributed by atoms with E-state index in [-0.39, 0.29) is 5.91 Å². The molecule has 3 aromatic rings. The van der Waals surface area contributed by atoms with Gasteiger partial charge in [-0.15, -0.1) is 11.3 Å². The van der Waals surface area contributed by atoms with Crippen molar-refractivity contribution in [2.45, 2.75) is 19.3 Å². The van der Waals surface area contributed by atoms with Crippen molar-refractivity contribution in [1.82, 2.24) is 24.3 Å². The van der Waals surface area contributed by atoms with E-state index in [9.17, 15) is 4.79 Å². The average molecular weight is 313 g/mol. The Kier molecular flexibility index (Phi) is 3.15. The molecule has 4 heterocycles. The van der Waals surface area contributed by atoms with Crippen LogP contribution in [-0.4, -0.2) is 43.2 Å². The van der Waals surface area contributed by atoms with Crippen LogP contribution in [0.4, 0.5) is 0 Å². The van der Waals surface area contributed by atoms with Gasteiger partial charge in [0.25, 0.3) is 5.91 Å². The number of aromatic nitrogens is 4. The Bertz CT molecular complexity index is 839. The summed E-state index contributed by atoms with van der Waals surface area (Å²) in [5, 5.41) is 0. The maximum atomic E-state index is 12.6. The number of carbonyl (C=O) groups excluding carboxylic acids is 1. The van der Waals surface area contributed by atoms with E-state index in [1.807, 2.05) is 28.5 Å². The smallest absolute Gasteiger partial charge is 0.265 e. The molecule has 0 N–H and O–H groups in total. The first-order chi connectivity index (χ1) is 10.7. The van der Waals surface area contributed by atoms with Gasteiger partial charge in [-0.2, -0.15) is 0 Å². The fourth-order valence-corrected chi connectivity index (χ4v) is 3.79. The van der Waals surface area contributed by atoms with Crippen LogP contribution in [0.1, 0.15) is 33.4 Å². The number of carbonyl (C=O) groups is 1. The molecular formula is C15H15N5OS. The Morgan fingerprint density at radius 1 is 1.32 bits per heavy atom. The molecule has 1 atom stereocenters. The molecule has 1 aliphatic heterocycles. The third-order valence-corrected chi connectivity index (χ3v) is 5.08. The van der Waals surface area contributed by atoms with Gasteiger partial charge in [-0.05, 0) is 19.4 Å². The van der Waals surface area contributed by atoms with Gasteiger partial charge in [-0.1, -0.05) is 0 Å². The predicted octanol–water partition coefficient (Wildman–Crippen LogP) is 2.12. The Hall–Kier alpha value is -2.28. The molecule has 0 saturated carbocycles. The van der Waals surface area contributed by atoms with Crippen molar-refractivity contribution in [3.05, 3.63) is 46.4 Å². The third-order valence-electron chi connectivity index (χ3n) is 4.17. The van der Waals surface area contributed by atoms with Crippen molar-refractivity contribution < 1.29 is 4.79 Å². The standard InChI is InChI=1S/C15H15N5OS/c1-10-13(22-9-18-10)14(21)19-6-3-11(8-19)12-2-4-16-15-17-5-7-20(12)15/h2,4-5,7,9,11H,3,6,8H2,1H3/t11-/m0/s1. The first kappa shape index (κ1) is 13.4. The van der Waals surface area contributed by atoms with Gasteiger partial charge in [-0.25, -0.2) is 15.0 Å². The molecular weight excluding hydrogens is 298 g/mol. The van der Waals surface area contributed by atoms with E-state index in [4.69, 9.17) is 0 Å². The fourth-order valence-electron chi connectivity index (χ4n) is 3.02. The number of likely N-dealkylation sites (tertiary alicyclic amines) is 1. The van der Waals surface area contributed by atoms with E-state index in [1.165, 1.54) is 17.0 Å². The topological polar surface area (TPSA) is 63.4 Å². The number of imidazole rings is 1. The maximum Gasteiger partial charge on any atom is 0.265 e. The van der Waals surface area contributed by atoms with Gasteiger partial charge in [0, 0.05) is 43.3 Å². The van der Waals surface area contributed by atoms with Crippen LogP contribution >= 0.6 is 11.3 Å². The highest BCUT2D eigenvalue weighted by molar-refractivity contribution is 7.11.